The first-order valence-corrected chi connectivity index (χ1v) is 6.34. The summed E-state index contributed by atoms with van der Waals surface area (Å²) in [5, 5.41) is 3.41. The highest BCUT2D eigenvalue weighted by Crippen LogP contribution is 2.18. The van der Waals surface area contributed by atoms with Gasteiger partial charge in [0.05, 0.1) is 12.8 Å². The Morgan fingerprint density at radius 1 is 1.56 bits per heavy atom. The van der Waals surface area contributed by atoms with Crippen LogP contribution in [0.1, 0.15) is 25.5 Å². The Labute approximate surface area is 97.8 Å². The average molecular weight is 222 g/mol. The van der Waals surface area contributed by atoms with E-state index >= 15 is 0 Å². The predicted molar refractivity (Wildman–Crippen MR) is 65.3 cm³/mol. The van der Waals surface area contributed by atoms with E-state index in [0.717, 1.165) is 31.3 Å². The van der Waals surface area contributed by atoms with Crippen molar-refractivity contribution in [1.29, 1.82) is 0 Å². The highest BCUT2D eigenvalue weighted by atomic mass is 16.3. The zero-order valence-corrected chi connectivity index (χ0v) is 10.1. The highest BCUT2D eigenvalue weighted by Gasteiger charge is 2.19. The van der Waals surface area contributed by atoms with Crippen LogP contribution >= 0.6 is 0 Å². The lowest BCUT2D eigenvalue weighted by atomic mass is 10.1. The second-order valence-electron chi connectivity index (χ2n) is 4.62. The third-order valence-corrected chi connectivity index (χ3v) is 3.43. The van der Waals surface area contributed by atoms with Crippen LogP contribution in [0.4, 0.5) is 0 Å². The van der Waals surface area contributed by atoms with E-state index in [1.807, 2.05) is 12.1 Å². The fourth-order valence-electron chi connectivity index (χ4n) is 2.31. The van der Waals surface area contributed by atoms with E-state index in [4.69, 9.17) is 4.42 Å². The van der Waals surface area contributed by atoms with Gasteiger partial charge in [0.1, 0.15) is 5.76 Å². The molecule has 0 amide bonds. The van der Waals surface area contributed by atoms with E-state index in [0.29, 0.717) is 0 Å². The predicted octanol–water partition coefficient (Wildman–Crippen LogP) is 2.10. The molecule has 1 aliphatic heterocycles. The fourth-order valence-corrected chi connectivity index (χ4v) is 2.31. The second kappa shape index (κ2) is 6.06. The molecule has 1 aromatic rings. The van der Waals surface area contributed by atoms with E-state index < -0.39 is 0 Å². The summed E-state index contributed by atoms with van der Waals surface area (Å²) in [5.41, 5.74) is 0. The lowest BCUT2D eigenvalue weighted by molar-refractivity contribution is 0.318. The van der Waals surface area contributed by atoms with Crippen LogP contribution in [-0.4, -0.2) is 31.1 Å². The van der Waals surface area contributed by atoms with E-state index in [2.05, 4.69) is 17.1 Å². The third-order valence-electron chi connectivity index (χ3n) is 3.43. The van der Waals surface area contributed by atoms with Gasteiger partial charge in [-0.1, -0.05) is 13.3 Å². The molecule has 1 aliphatic rings. The van der Waals surface area contributed by atoms with Gasteiger partial charge in [0, 0.05) is 19.6 Å². The van der Waals surface area contributed by atoms with Crippen molar-refractivity contribution in [1.82, 2.24) is 10.2 Å². The van der Waals surface area contributed by atoms with Crippen LogP contribution in [0, 0.1) is 5.92 Å². The summed E-state index contributed by atoms with van der Waals surface area (Å²) in [4.78, 5) is 2.56. The maximum atomic E-state index is 5.26. The topological polar surface area (TPSA) is 28.4 Å². The average Bonchev–Trinajstić information content (AvgIpc) is 2.95. The van der Waals surface area contributed by atoms with Crippen molar-refractivity contribution in [2.75, 3.05) is 26.2 Å². The lowest BCUT2D eigenvalue weighted by Gasteiger charge is -2.15. The number of hydrogen-bond donors (Lipinski definition) is 1. The fraction of sp³-hybridized carbons (Fsp3) is 0.692. The molecule has 0 spiro atoms. The Hall–Kier alpha value is -0.800. The first-order chi connectivity index (χ1) is 7.88. The number of nitrogens with one attached hydrogen (secondary N) is 1. The monoisotopic (exact) mass is 222 g/mol. The number of rotatable bonds is 6. The molecule has 0 aliphatic carbocycles. The largest absolute Gasteiger partial charge is 0.468 e. The van der Waals surface area contributed by atoms with Gasteiger partial charge in [-0.25, -0.2) is 0 Å². The maximum absolute atomic E-state index is 5.26. The van der Waals surface area contributed by atoms with Gasteiger partial charge in [0.15, 0.2) is 0 Å². The molecule has 2 heterocycles. The van der Waals surface area contributed by atoms with Gasteiger partial charge in [-0.05, 0) is 31.0 Å². The van der Waals surface area contributed by atoms with Crippen molar-refractivity contribution in [2.24, 2.45) is 5.92 Å². The van der Waals surface area contributed by atoms with Crippen LogP contribution in [0.15, 0.2) is 22.8 Å². The SMILES string of the molecule is CCC1CCN(CCNCc2ccco2)C1. The van der Waals surface area contributed by atoms with Crippen LogP contribution in [0.3, 0.4) is 0 Å². The van der Waals surface area contributed by atoms with E-state index in [1.165, 1.54) is 25.9 Å². The second-order valence-corrected chi connectivity index (χ2v) is 4.62. The summed E-state index contributed by atoms with van der Waals surface area (Å²) < 4.78 is 5.26. The first kappa shape index (κ1) is 11.7. The Balaban J connectivity index is 1.55. The summed E-state index contributed by atoms with van der Waals surface area (Å²) in [5.74, 6) is 1.96. The minimum absolute atomic E-state index is 0.845. The first-order valence-electron chi connectivity index (χ1n) is 6.34. The number of furan rings is 1. The van der Waals surface area contributed by atoms with Crippen molar-refractivity contribution >= 4 is 0 Å². The molecule has 1 fully saturated rings. The quantitative estimate of drug-likeness (QED) is 0.747. The van der Waals surface area contributed by atoms with Crippen molar-refractivity contribution in [3.63, 3.8) is 0 Å². The summed E-state index contributed by atoms with van der Waals surface area (Å²) in [6, 6.07) is 3.94. The minimum atomic E-state index is 0.845. The minimum Gasteiger partial charge on any atom is -0.468 e. The van der Waals surface area contributed by atoms with E-state index in [-0.39, 0.29) is 0 Å². The van der Waals surface area contributed by atoms with Crippen LogP contribution in [0.2, 0.25) is 0 Å². The summed E-state index contributed by atoms with van der Waals surface area (Å²) in [6.45, 7) is 7.93. The molecule has 1 aromatic heterocycles. The Morgan fingerprint density at radius 2 is 2.50 bits per heavy atom. The number of likely N-dealkylation sites (tertiary alicyclic amines) is 1. The van der Waals surface area contributed by atoms with Gasteiger partial charge in [-0.2, -0.15) is 0 Å². The molecule has 1 N–H and O–H groups in total. The Kier molecular flexibility index (Phi) is 4.43. The van der Waals surface area contributed by atoms with Gasteiger partial charge < -0.3 is 14.6 Å². The molecule has 16 heavy (non-hydrogen) atoms. The van der Waals surface area contributed by atoms with Gasteiger partial charge >= 0.3 is 0 Å². The van der Waals surface area contributed by atoms with Crippen LogP contribution in [0.25, 0.3) is 0 Å². The molecule has 0 radical (unpaired) electrons. The summed E-state index contributed by atoms with van der Waals surface area (Å²) in [7, 11) is 0. The normalized spacial score (nSPS) is 21.7. The zero-order valence-electron chi connectivity index (χ0n) is 10.1. The molecule has 1 saturated heterocycles. The zero-order chi connectivity index (χ0) is 11.2. The molecule has 0 saturated carbocycles. The Morgan fingerprint density at radius 3 is 3.19 bits per heavy atom. The molecular weight excluding hydrogens is 200 g/mol. The molecule has 2 rings (SSSR count). The molecule has 1 unspecified atom stereocenters. The molecular formula is C13H22N2O. The van der Waals surface area contributed by atoms with Crippen molar-refractivity contribution in [3.05, 3.63) is 24.2 Å². The standard InChI is InChI=1S/C13H22N2O/c1-2-12-5-7-15(11-12)8-6-14-10-13-4-3-9-16-13/h3-4,9,12,14H,2,5-8,10-11H2,1H3. The van der Waals surface area contributed by atoms with Gasteiger partial charge in [0.25, 0.3) is 0 Å². The van der Waals surface area contributed by atoms with Crippen LogP contribution in [0.5, 0.6) is 0 Å². The van der Waals surface area contributed by atoms with Crippen LogP contribution in [-0.2, 0) is 6.54 Å². The molecule has 0 aromatic carbocycles. The van der Waals surface area contributed by atoms with E-state index in [1.54, 1.807) is 6.26 Å². The Bertz CT molecular complexity index is 284. The van der Waals surface area contributed by atoms with Crippen molar-refractivity contribution in [3.8, 4) is 0 Å². The number of nitrogens with zero attached hydrogens (tertiary/aromatic N) is 1. The van der Waals surface area contributed by atoms with Gasteiger partial charge in [-0.15, -0.1) is 0 Å². The van der Waals surface area contributed by atoms with E-state index in [9.17, 15) is 0 Å². The smallest absolute Gasteiger partial charge is 0.117 e. The molecule has 1 atom stereocenters. The molecule has 3 nitrogen and oxygen atoms in total. The van der Waals surface area contributed by atoms with Gasteiger partial charge in [0.2, 0.25) is 0 Å². The van der Waals surface area contributed by atoms with Gasteiger partial charge in [-0.3, -0.25) is 0 Å². The van der Waals surface area contributed by atoms with Crippen molar-refractivity contribution < 1.29 is 4.42 Å². The molecule has 90 valence electrons. The van der Waals surface area contributed by atoms with Crippen LogP contribution < -0.4 is 5.32 Å². The highest BCUT2D eigenvalue weighted by molar-refractivity contribution is 4.97. The summed E-state index contributed by atoms with van der Waals surface area (Å²) >= 11 is 0. The maximum Gasteiger partial charge on any atom is 0.117 e. The number of hydrogen-bond acceptors (Lipinski definition) is 3. The third kappa shape index (κ3) is 3.35. The van der Waals surface area contributed by atoms with Crippen molar-refractivity contribution in [2.45, 2.75) is 26.3 Å². The molecule has 0 bridgehead atoms. The lowest BCUT2D eigenvalue weighted by Crippen LogP contribution is -2.30. The molecule has 3 heteroatoms. The summed E-state index contributed by atoms with van der Waals surface area (Å²) in [6.07, 6.45) is 4.44.